The molecule has 8 heteroatoms. The predicted molar refractivity (Wildman–Crippen MR) is 137 cm³/mol. The number of carbonyl (C=O) groups excluding carboxylic acids is 1. The Bertz CT molecular complexity index is 424. The maximum atomic E-state index is 10.9. The Balaban J connectivity index is 0.000000393. The second-order valence-electron chi connectivity index (χ2n) is 9.09. The third-order valence-electron chi connectivity index (χ3n) is 5.94. The van der Waals surface area contributed by atoms with E-state index in [9.17, 15) is 4.79 Å². The summed E-state index contributed by atoms with van der Waals surface area (Å²) >= 11 is 0. The molecule has 4 rings (SSSR count). The fourth-order valence-electron chi connectivity index (χ4n) is 3.31. The highest BCUT2D eigenvalue weighted by Gasteiger charge is 2.16. The number of ether oxygens (including phenoxy) is 1. The third-order valence-corrected chi connectivity index (χ3v) is 5.94. The van der Waals surface area contributed by atoms with Crippen LogP contribution in [0.4, 0.5) is 0 Å². The van der Waals surface area contributed by atoms with E-state index in [1.54, 1.807) is 4.90 Å². The lowest BCUT2D eigenvalue weighted by Gasteiger charge is -2.28. The van der Waals surface area contributed by atoms with Gasteiger partial charge in [0.1, 0.15) is 0 Å². The highest BCUT2D eigenvalue weighted by atomic mass is 16.5. The Kier molecular flexibility index (Phi) is 19.2. The average molecular weight is 459 g/mol. The van der Waals surface area contributed by atoms with Crippen molar-refractivity contribution in [1.29, 1.82) is 0 Å². The van der Waals surface area contributed by atoms with E-state index in [0.717, 1.165) is 39.4 Å². The SMILES string of the molecule is CC.CN1CCCC1.CN1CCN(C)C(=O)C1.CN1CCN(C)CC1.CN1CCOCC1. The van der Waals surface area contributed by atoms with Crippen LogP contribution in [0.25, 0.3) is 0 Å². The van der Waals surface area contributed by atoms with Crippen LogP contribution < -0.4 is 0 Å². The first-order chi connectivity index (χ1) is 15.3. The summed E-state index contributed by atoms with van der Waals surface area (Å²) in [5, 5.41) is 0. The van der Waals surface area contributed by atoms with Crippen molar-refractivity contribution in [3.05, 3.63) is 0 Å². The van der Waals surface area contributed by atoms with E-state index in [-0.39, 0.29) is 5.91 Å². The normalized spacial score (nSPS) is 23.5. The lowest BCUT2D eigenvalue weighted by molar-refractivity contribution is -0.133. The van der Waals surface area contributed by atoms with E-state index in [1.807, 2.05) is 32.8 Å². The molecule has 8 nitrogen and oxygen atoms in total. The van der Waals surface area contributed by atoms with Gasteiger partial charge >= 0.3 is 0 Å². The molecule has 0 N–H and O–H groups in total. The topological polar surface area (TPSA) is 45.7 Å². The number of likely N-dealkylation sites (N-methyl/N-ethyl adjacent to an activating group) is 5. The van der Waals surface area contributed by atoms with Crippen LogP contribution in [0.15, 0.2) is 0 Å². The maximum absolute atomic E-state index is 10.9. The fourth-order valence-corrected chi connectivity index (χ4v) is 3.31. The Hall–Kier alpha value is -0.770. The van der Waals surface area contributed by atoms with Crippen LogP contribution in [0, 0.1) is 0 Å². The minimum absolute atomic E-state index is 0.226. The molecule has 4 heterocycles. The Morgan fingerprint density at radius 2 is 0.906 bits per heavy atom. The molecule has 4 saturated heterocycles. The van der Waals surface area contributed by atoms with Crippen molar-refractivity contribution in [2.75, 3.05) is 127 Å². The van der Waals surface area contributed by atoms with E-state index >= 15 is 0 Å². The van der Waals surface area contributed by atoms with Crippen LogP contribution in [0.2, 0.25) is 0 Å². The molecule has 0 aliphatic carbocycles. The van der Waals surface area contributed by atoms with Crippen molar-refractivity contribution in [1.82, 2.24) is 29.4 Å². The van der Waals surface area contributed by atoms with Gasteiger partial charge in [-0.1, -0.05) is 13.8 Å². The van der Waals surface area contributed by atoms with Gasteiger partial charge in [-0.3, -0.25) is 9.69 Å². The van der Waals surface area contributed by atoms with Crippen molar-refractivity contribution >= 4 is 5.91 Å². The number of morpholine rings is 1. The standard InChI is InChI=1S/C6H12N2O.C6H14N2.C5H11NO.C5H11N.C2H6/c1-7-3-4-8(2)6(9)5-7;1-7-3-5-8(2)6-4-7;1-6-2-4-7-5-3-6;1-6-4-2-3-5-6;1-2/h3-5H2,1-2H3;3-6H2,1-2H3;2-5H2,1H3;2-5H2,1H3;1-2H3. The van der Waals surface area contributed by atoms with Gasteiger partial charge < -0.3 is 29.2 Å². The minimum Gasteiger partial charge on any atom is -0.379 e. The highest BCUT2D eigenvalue weighted by Crippen LogP contribution is 2.02. The van der Waals surface area contributed by atoms with E-state index in [0.29, 0.717) is 6.54 Å². The zero-order valence-electron chi connectivity index (χ0n) is 22.6. The number of amides is 1. The van der Waals surface area contributed by atoms with E-state index in [2.05, 4.69) is 47.8 Å². The summed E-state index contributed by atoms with van der Waals surface area (Å²) in [4.78, 5) is 24.0. The molecular formula is C24H54N6O2. The van der Waals surface area contributed by atoms with Crippen molar-refractivity contribution < 1.29 is 9.53 Å². The summed E-state index contributed by atoms with van der Waals surface area (Å²) in [6.45, 7) is 18.0. The summed E-state index contributed by atoms with van der Waals surface area (Å²) < 4.78 is 5.10. The van der Waals surface area contributed by atoms with Gasteiger partial charge in [0.05, 0.1) is 19.8 Å². The summed E-state index contributed by atoms with van der Waals surface area (Å²) in [7, 11) is 12.4. The lowest BCUT2D eigenvalue weighted by Crippen LogP contribution is -2.46. The number of rotatable bonds is 0. The first-order valence-electron chi connectivity index (χ1n) is 12.5. The first-order valence-corrected chi connectivity index (χ1v) is 12.5. The van der Waals surface area contributed by atoms with Gasteiger partial charge in [0.2, 0.25) is 5.91 Å². The van der Waals surface area contributed by atoms with Crippen LogP contribution in [0.5, 0.6) is 0 Å². The van der Waals surface area contributed by atoms with Crippen molar-refractivity contribution in [2.24, 2.45) is 0 Å². The monoisotopic (exact) mass is 458 g/mol. The highest BCUT2D eigenvalue weighted by molar-refractivity contribution is 5.78. The molecule has 1 amide bonds. The predicted octanol–water partition coefficient (Wildman–Crippen LogP) is 0.940. The number of piperazine rings is 2. The molecule has 32 heavy (non-hydrogen) atoms. The quantitative estimate of drug-likeness (QED) is 0.535. The molecule has 0 saturated carbocycles. The summed E-state index contributed by atoms with van der Waals surface area (Å²) in [6.07, 6.45) is 2.83. The molecule has 0 radical (unpaired) electrons. The average Bonchev–Trinajstić information content (AvgIpc) is 3.27. The van der Waals surface area contributed by atoms with Gasteiger partial charge in [-0.2, -0.15) is 0 Å². The van der Waals surface area contributed by atoms with E-state index in [1.165, 1.54) is 52.1 Å². The maximum Gasteiger partial charge on any atom is 0.236 e. The molecule has 4 aliphatic heterocycles. The second-order valence-corrected chi connectivity index (χ2v) is 9.09. The Labute approximate surface area is 199 Å². The molecule has 192 valence electrons. The van der Waals surface area contributed by atoms with Crippen LogP contribution in [-0.4, -0.2) is 163 Å². The molecule has 0 unspecified atom stereocenters. The molecule has 0 aromatic heterocycles. The van der Waals surface area contributed by atoms with Gasteiger partial charge in [0.15, 0.2) is 0 Å². The van der Waals surface area contributed by atoms with E-state index in [4.69, 9.17) is 4.74 Å². The van der Waals surface area contributed by atoms with Crippen molar-refractivity contribution in [2.45, 2.75) is 26.7 Å². The molecular weight excluding hydrogens is 404 g/mol. The van der Waals surface area contributed by atoms with Crippen LogP contribution in [0.1, 0.15) is 26.7 Å². The number of likely N-dealkylation sites (tertiary alicyclic amines) is 1. The fraction of sp³-hybridized carbons (Fsp3) is 0.958. The largest absolute Gasteiger partial charge is 0.379 e. The summed E-state index contributed by atoms with van der Waals surface area (Å²) in [5.41, 5.74) is 0. The zero-order valence-corrected chi connectivity index (χ0v) is 22.6. The Morgan fingerprint density at radius 3 is 1.19 bits per heavy atom. The lowest BCUT2D eigenvalue weighted by atomic mass is 10.3. The van der Waals surface area contributed by atoms with Crippen molar-refractivity contribution in [3.63, 3.8) is 0 Å². The Morgan fingerprint density at radius 1 is 0.531 bits per heavy atom. The zero-order chi connectivity index (χ0) is 24.4. The van der Waals surface area contributed by atoms with Gasteiger partial charge in [-0.25, -0.2) is 0 Å². The third kappa shape index (κ3) is 16.8. The second kappa shape index (κ2) is 19.7. The van der Waals surface area contributed by atoms with Gasteiger partial charge in [-0.15, -0.1) is 0 Å². The van der Waals surface area contributed by atoms with Gasteiger partial charge in [0, 0.05) is 59.4 Å². The van der Waals surface area contributed by atoms with Gasteiger partial charge in [0.25, 0.3) is 0 Å². The number of hydrogen-bond donors (Lipinski definition) is 0. The molecule has 0 aromatic carbocycles. The van der Waals surface area contributed by atoms with Crippen molar-refractivity contribution in [3.8, 4) is 0 Å². The molecule has 4 aliphatic rings. The summed E-state index contributed by atoms with van der Waals surface area (Å²) in [5.74, 6) is 0.226. The molecule has 0 atom stereocenters. The van der Waals surface area contributed by atoms with Crippen LogP contribution >= 0.6 is 0 Å². The number of hydrogen-bond acceptors (Lipinski definition) is 7. The molecule has 4 fully saturated rings. The minimum atomic E-state index is 0.226. The number of nitrogens with zero attached hydrogens (tertiary/aromatic N) is 6. The number of carbonyl (C=O) groups is 1. The van der Waals surface area contributed by atoms with Gasteiger partial charge in [-0.05, 0) is 61.2 Å². The van der Waals surface area contributed by atoms with Crippen LogP contribution in [-0.2, 0) is 9.53 Å². The summed E-state index contributed by atoms with van der Waals surface area (Å²) in [6, 6.07) is 0. The van der Waals surface area contributed by atoms with E-state index < -0.39 is 0 Å². The molecule has 0 bridgehead atoms. The molecule has 0 spiro atoms. The van der Waals surface area contributed by atoms with Crippen LogP contribution in [0.3, 0.4) is 0 Å². The first kappa shape index (κ1) is 31.2. The molecule has 0 aromatic rings. The smallest absolute Gasteiger partial charge is 0.236 e.